The van der Waals surface area contributed by atoms with E-state index in [-0.39, 0.29) is 0 Å². The summed E-state index contributed by atoms with van der Waals surface area (Å²) in [6.07, 6.45) is 5.26. The van der Waals surface area contributed by atoms with Gasteiger partial charge in [0.15, 0.2) is 0 Å². The minimum absolute atomic E-state index is 0.716. The molecule has 2 N–H and O–H groups in total. The van der Waals surface area contributed by atoms with E-state index in [4.69, 9.17) is 0 Å². The quantitative estimate of drug-likeness (QED) is 0.675. The Balaban J connectivity index is 1.98. The van der Waals surface area contributed by atoms with Gasteiger partial charge in [-0.2, -0.15) is 0 Å². The van der Waals surface area contributed by atoms with Crippen LogP contribution in [0.25, 0.3) is 0 Å². The molecular weight excluding hydrogens is 216 g/mol. The molecule has 1 aliphatic heterocycles. The summed E-state index contributed by atoms with van der Waals surface area (Å²) in [4.78, 5) is 0.739. The molecule has 4 unspecified atom stereocenters. The summed E-state index contributed by atoms with van der Waals surface area (Å²) in [5, 5.41) is 0. The van der Waals surface area contributed by atoms with E-state index in [1.54, 1.807) is 0 Å². The molecule has 70 valence electrons. The van der Waals surface area contributed by atoms with E-state index in [0.717, 1.165) is 16.8 Å². The van der Waals surface area contributed by atoms with E-state index >= 15 is 0 Å². The van der Waals surface area contributed by atoms with Crippen LogP contribution in [0.2, 0.25) is 0 Å². The highest BCUT2D eigenvalue weighted by atomic mass is 79.9. The van der Waals surface area contributed by atoms with Crippen molar-refractivity contribution < 1.29 is 0 Å². The number of hydrogen-bond acceptors (Lipinski definition) is 2. The number of rotatable bonds is 1. The zero-order chi connectivity index (χ0) is 8.55. The Bertz CT molecular complexity index is 163. The van der Waals surface area contributed by atoms with E-state index in [1.165, 1.54) is 25.7 Å². The van der Waals surface area contributed by atoms with Crippen LogP contribution in [0.15, 0.2) is 0 Å². The minimum atomic E-state index is 0.716. The van der Waals surface area contributed by atoms with Crippen LogP contribution in [-0.4, -0.2) is 16.9 Å². The molecule has 1 heterocycles. The van der Waals surface area contributed by atoms with Gasteiger partial charge in [-0.15, -0.1) is 0 Å². The van der Waals surface area contributed by atoms with Crippen LogP contribution in [0, 0.1) is 5.92 Å². The van der Waals surface area contributed by atoms with E-state index in [2.05, 4.69) is 33.7 Å². The first-order valence-electron chi connectivity index (χ1n) is 4.96. The third-order valence-corrected chi connectivity index (χ3v) is 4.08. The minimum Gasteiger partial charge on any atom is -0.254 e. The predicted molar refractivity (Wildman–Crippen MR) is 54.2 cm³/mol. The van der Waals surface area contributed by atoms with Crippen LogP contribution < -0.4 is 10.9 Å². The van der Waals surface area contributed by atoms with Crippen LogP contribution in [0.5, 0.6) is 0 Å². The molecule has 2 aliphatic rings. The Morgan fingerprint density at radius 3 is 2.92 bits per heavy atom. The first kappa shape index (κ1) is 8.97. The van der Waals surface area contributed by atoms with Crippen molar-refractivity contribution in [2.75, 3.05) is 0 Å². The summed E-state index contributed by atoms with van der Waals surface area (Å²) < 4.78 is 0. The third-order valence-electron chi connectivity index (χ3n) is 3.25. The standard InChI is InChI=1S/C9H17BrN2/c1-2-8-7-4-3-6(10)5-9(7)12-11-8/h6-9,11-12H,2-5H2,1H3. The summed E-state index contributed by atoms with van der Waals surface area (Å²) in [7, 11) is 0. The molecule has 0 radical (unpaired) electrons. The molecule has 4 atom stereocenters. The summed E-state index contributed by atoms with van der Waals surface area (Å²) in [6.45, 7) is 2.27. The number of fused-ring (bicyclic) bond motifs is 1. The number of hydrazine groups is 1. The first-order valence-corrected chi connectivity index (χ1v) is 5.88. The van der Waals surface area contributed by atoms with Gasteiger partial charge < -0.3 is 0 Å². The second-order valence-electron chi connectivity index (χ2n) is 3.98. The number of hydrogen-bond donors (Lipinski definition) is 2. The van der Waals surface area contributed by atoms with Crippen molar-refractivity contribution in [1.29, 1.82) is 0 Å². The third kappa shape index (κ3) is 1.54. The van der Waals surface area contributed by atoms with Gasteiger partial charge in [-0.25, -0.2) is 0 Å². The fourth-order valence-electron chi connectivity index (χ4n) is 2.52. The molecule has 1 saturated carbocycles. The maximum Gasteiger partial charge on any atom is 0.0267 e. The maximum absolute atomic E-state index is 3.70. The normalized spacial score (nSPS) is 47.5. The van der Waals surface area contributed by atoms with Crippen molar-refractivity contribution in [1.82, 2.24) is 10.9 Å². The molecule has 0 aromatic rings. The van der Waals surface area contributed by atoms with E-state index in [1.807, 2.05) is 0 Å². The van der Waals surface area contributed by atoms with Gasteiger partial charge >= 0.3 is 0 Å². The highest BCUT2D eigenvalue weighted by molar-refractivity contribution is 9.09. The van der Waals surface area contributed by atoms with Crippen molar-refractivity contribution in [2.45, 2.75) is 49.5 Å². The zero-order valence-corrected chi connectivity index (χ0v) is 9.10. The van der Waals surface area contributed by atoms with Crippen LogP contribution in [0.1, 0.15) is 32.6 Å². The van der Waals surface area contributed by atoms with Crippen molar-refractivity contribution in [3.63, 3.8) is 0 Å². The van der Waals surface area contributed by atoms with Gasteiger partial charge in [-0.05, 0) is 31.6 Å². The van der Waals surface area contributed by atoms with Crippen molar-refractivity contribution >= 4 is 15.9 Å². The van der Waals surface area contributed by atoms with Crippen molar-refractivity contribution in [2.24, 2.45) is 5.92 Å². The fourth-order valence-corrected chi connectivity index (χ4v) is 3.18. The highest BCUT2D eigenvalue weighted by Crippen LogP contribution is 2.34. The topological polar surface area (TPSA) is 24.1 Å². The molecule has 0 spiro atoms. The molecule has 3 heteroatoms. The molecule has 2 rings (SSSR count). The van der Waals surface area contributed by atoms with Gasteiger partial charge in [0.05, 0.1) is 0 Å². The predicted octanol–water partition coefficient (Wildman–Crippen LogP) is 1.80. The molecule has 12 heavy (non-hydrogen) atoms. The van der Waals surface area contributed by atoms with Gasteiger partial charge in [-0.3, -0.25) is 10.9 Å². The molecule has 1 saturated heterocycles. The lowest BCUT2D eigenvalue weighted by Gasteiger charge is -2.29. The lowest BCUT2D eigenvalue weighted by molar-refractivity contribution is 0.310. The fraction of sp³-hybridized carbons (Fsp3) is 1.00. The monoisotopic (exact) mass is 232 g/mol. The lowest BCUT2D eigenvalue weighted by atomic mass is 9.81. The zero-order valence-electron chi connectivity index (χ0n) is 7.52. The van der Waals surface area contributed by atoms with Crippen LogP contribution in [0.3, 0.4) is 0 Å². The first-order chi connectivity index (χ1) is 5.81. The molecule has 0 aromatic carbocycles. The summed E-state index contributed by atoms with van der Waals surface area (Å²) in [6, 6.07) is 1.43. The number of nitrogens with one attached hydrogen (secondary N) is 2. The van der Waals surface area contributed by atoms with Crippen LogP contribution in [-0.2, 0) is 0 Å². The molecule has 2 fully saturated rings. The Hall–Kier alpha value is 0.400. The van der Waals surface area contributed by atoms with Crippen molar-refractivity contribution in [3.05, 3.63) is 0 Å². The molecule has 1 aliphatic carbocycles. The molecule has 0 amide bonds. The summed E-state index contributed by atoms with van der Waals surface area (Å²) in [5.41, 5.74) is 6.81. The van der Waals surface area contributed by atoms with Gasteiger partial charge in [0.2, 0.25) is 0 Å². The lowest BCUT2D eigenvalue weighted by Crippen LogP contribution is -2.36. The molecular formula is C9H17BrN2. The Morgan fingerprint density at radius 1 is 1.33 bits per heavy atom. The number of alkyl halides is 1. The van der Waals surface area contributed by atoms with Gasteiger partial charge in [0.1, 0.15) is 0 Å². The Kier molecular flexibility index (Phi) is 2.72. The van der Waals surface area contributed by atoms with Gasteiger partial charge in [0, 0.05) is 16.9 Å². The average molecular weight is 233 g/mol. The van der Waals surface area contributed by atoms with Crippen LogP contribution in [0.4, 0.5) is 0 Å². The molecule has 0 bridgehead atoms. The maximum atomic E-state index is 3.70. The SMILES string of the molecule is CCC1NNC2CC(Br)CCC12. The van der Waals surface area contributed by atoms with Gasteiger partial charge in [0.25, 0.3) is 0 Å². The van der Waals surface area contributed by atoms with E-state index < -0.39 is 0 Å². The van der Waals surface area contributed by atoms with E-state index in [9.17, 15) is 0 Å². The average Bonchev–Trinajstić information content (AvgIpc) is 2.46. The number of halogens is 1. The second-order valence-corrected chi connectivity index (χ2v) is 5.28. The Morgan fingerprint density at radius 2 is 2.17 bits per heavy atom. The van der Waals surface area contributed by atoms with E-state index in [0.29, 0.717) is 6.04 Å². The van der Waals surface area contributed by atoms with Gasteiger partial charge in [-0.1, -0.05) is 22.9 Å². The molecule has 2 nitrogen and oxygen atoms in total. The van der Waals surface area contributed by atoms with Crippen molar-refractivity contribution in [3.8, 4) is 0 Å². The highest BCUT2D eigenvalue weighted by Gasteiger charge is 2.38. The summed E-state index contributed by atoms with van der Waals surface area (Å²) in [5.74, 6) is 0.879. The largest absolute Gasteiger partial charge is 0.254 e. The Labute approximate surface area is 82.6 Å². The second kappa shape index (κ2) is 3.64. The van der Waals surface area contributed by atoms with Crippen LogP contribution >= 0.6 is 15.9 Å². The smallest absolute Gasteiger partial charge is 0.0267 e. The summed E-state index contributed by atoms with van der Waals surface area (Å²) >= 11 is 3.70. The molecule has 0 aromatic heterocycles.